The highest BCUT2D eigenvalue weighted by atomic mass is 32.2. The van der Waals surface area contributed by atoms with Crippen LogP contribution in [0.5, 0.6) is 5.75 Å². The number of fused-ring (bicyclic) bond motifs is 1. The van der Waals surface area contributed by atoms with E-state index in [0.717, 1.165) is 24.7 Å². The molecule has 1 atom stereocenters. The van der Waals surface area contributed by atoms with Crippen LogP contribution in [0.3, 0.4) is 0 Å². The molecule has 0 spiro atoms. The third-order valence-electron chi connectivity index (χ3n) is 5.63. The molecule has 8 nitrogen and oxygen atoms in total. The van der Waals surface area contributed by atoms with E-state index in [4.69, 9.17) is 4.74 Å². The normalized spacial score (nSPS) is 15.8. The lowest BCUT2D eigenvalue weighted by atomic mass is 9.86. The second kappa shape index (κ2) is 10.0. The lowest BCUT2D eigenvalue weighted by Gasteiger charge is -2.35. The van der Waals surface area contributed by atoms with Crippen LogP contribution >= 0.6 is 0 Å². The van der Waals surface area contributed by atoms with Crippen LogP contribution in [0.15, 0.2) is 42.5 Å². The number of para-hydroxylation sites is 1. The number of sulfonamides is 1. The summed E-state index contributed by atoms with van der Waals surface area (Å²) in [5.74, 6) is -0.504. The number of hydrogen-bond donors (Lipinski definition) is 2. The number of carbonyl (C=O) groups is 2. The van der Waals surface area contributed by atoms with E-state index in [1.54, 1.807) is 36.4 Å². The van der Waals surface area contributed by atoms with Gasteiger partial charge in [-0.3, -0.25) is 13.9 Å². The predicted octanol–water partition coefficient (Wildman–Crippen LogP) is 3.68. The molecule has 3 rings (SSSR count). The summed E-state index contributed by atoms with van der Waals surface area (Å²) in [6.45, 7) is 8.52. The Morgan fingerprint density at radius 1 is 1.15 bits per heavy atom. The topological polar surface area (TPSA) is 105 Å². The molecule has 0 radical (unpaired) electrons. The Morgan fingerprint density at radius 2 is 1.85 bits per heavy atom. The molecule has 0 fully saturated rings. The number of nitrogens with one attached hydrogen (secondary N) is 2. The first kappa shape index (κ1) is 25.6. The average Bonchev–Trinajstić information content (AvgIpc) is 2.77. The van der Waals surface area contributed by atoms with Gasteiger partial charge in [0.05, 0.1) is 29.7 Å². The van der Waals surface area contributed by atoms with Crippen molar-refractivity contribution in [3.8, 4) is 5.75 Å². The highest BCUT2D eigenvalue weighted by molar-refractivity contribution is 7.92. The van der Waals surface area contributed by atoms with Crippen molar-refractivity contribution in [3.05, 3.63) is 53.6 Å². The van der Waals surface area contributed by atoms with Gasteiger partial charge in [0.25, 0.3) is 11.8 Å². The number of nitrogens with zero attached hydrogens (tertiary/aromatic N) is 1. The second-order valence-electron chi connectivity index (χ2n) is 9.48. The maximum Gasteiger partial charge on any atom is 0.267 e. The number of anilines is 2. The van der Waals surface area contributed by atoms with E-state index in [0.29, 0.717) is 29.2 Å². The van der Waals surface area contributed by atoms with Gasteiger partial charge in [0, 0.05) is 6.54 Å². The van der Waals surface area contributed by atoms with Gasteiger partial charge < -0.3 is 15.4 Å². The monoisotopic (exact) mass is 487 g/mol. The zero-order valence-electron chi connectivity index (χ0n) is 20.3. The molecule has 0 saturated carbocycles. The van der Waals surface area contributed by atoms with E-state index in [9.17, 15) is 18.0 Å². The van der Waals surface area contributed by atoms with Crippen LogP contribution in [0.4, 0.5) is 11.4 Å². The lowest BCUT2D eigenvalue weighted by Crippen LogP contribution is -2.48. The minimum atomic E-state index is -3.67. The van der Waals surface area contributed by atoms with Crippen molar-refractivity contribution in [1.82, 2.24) is 5.32 Å². The molecule has 1 aliphatic rings. The second-order valence-corrected chi connectivity index (χ2v) is 11.4. The summed E-state index contributed by atoms with van der Waals surface area (Å²) in [6.07, 6.45) is 1.83. The number of amides is 2. The number of benzene rings is 2. The summed E-state index contributed by atoms with van der Waals surface area (Å²) in [6, 6.07) is 12.1. The standard InChI is InChI=1S/C25H33N3O5S/c1-6-7-14-26-23(29)18-10-8-9-11-19(18)27-24(30)22-16-28(34(5,31)32)20-15-17(25(2,3)4)12-13-21(20)33-22/h8-13,15,22H,6-7,14,16H2,1-5H3,(H,26,29)(H,27,30). The smallest absolute Gasteiger partial charge is 0.267 e. The molecule has 2 amide bonds. The fourth-order valence-corrected chi connectivity index (χ4v) is 4.55. The van der Waals surface area contributed by atoms with Crippen molar-refractivity contribution in [1.29, 1.82) is 0 Å². The molecule has 1 unspecified atom stereocenters. The first-order valence-electron chi connectivity index (χ1n) is 11.4. The number of carbonyl (C=O) groups excluding carboxylic acids is 2. The molecule has 0 aliphatic carbocycles. The van der Waals surface area contributed by atoms with Crippen molar-refractivity contribution in [3.63, 3.8) is 0 Å². The van der Waals surface area contributed by atoms with E-state index in [1.807, 2.05) is 33.8 Å². The summed E-state index contributed by atoms with van der Waals surface area (Å²) < 4.78 is 32.3. The van der Waals surface area contributed by atoms with Crippen molar-refractivity contribution >= 4 is 33.2 Å². The van der Waals surface area contributed by atoms with Crippen molar-refractivity contribution < 1.29 is 22.7 Å². The highest BCUT2D eigenvalue weighted by Gasteiger charge is 2.36. The van der Waals surface area contributed by atoms with E-state index >= 15 is 0 Å². The molecule has 0 aromatic heterocycles. The Kier molecular flexibility index (Phi) is 7.55. The Morgan fingerprint density at radius 3 is 2.50 bits per heavy atom. The zero-order chi connectivity index (χ0) is 25.1. The first-order valence-corrected chi connectivity index (χ1v) is 13.2. The number of rotatable bonds is 7. The number of ether oxygens (including phenoxy) is 1. The fraction of sp³-hybridized carbons (Fsp3) is 0.440. The Balaban J connectivity index is 1.86. The zero-order valence-corrected chi connectivity index (χ0v) is 21.2. The fourth-order valence-electron chi connectivity index (χ4n) is 3.65. The van der Waals surface area contributed by atoms with Crippen LogP contribution in [0, 0.1) is 0 Å². The van der Waals surface area contributed by atoms with Gasteiger partial charge in [-0.15, -0.1) is 0 Å². The molecule has 1 aliphatic heterocycles. The molecule has 2 aromatic carbocycles. The molecular formula is C25H33N3O5S. The summed E-state index contributed by atoms with van der Waals surface area (Å²) in [5, 5.41) is 5.59. The van der Waals surface area contributed by atoms with E-state index in [-0.39, 0.29) is 17.9 Å². The Labute approximate surface area is 201 Å². The molecule has 2 aromatic rings. The van der Waals surface area contributed by atoms with Gasteiger partial charge in [0.2, 0.25) is 10.0 Å². The maximum atomic E-state index is 13.1. The van der Waals surface area contributed by atoms with Crippen molar-refractivity contribution in [2.45, 2.75) is 52.1 Å². The average molecular weight is 488 g/mol. The maximum absolute atomic E-state index is 13.1. The van der Waals surface area contributed by atoms with Gasteiger partial charge >= 0.3 is 0 Å². The van der Waals surface area contributed by atoms with Crippen LogP contribution in [0.25, 0.3) is 0 Å². The Bertz CT molecular complexity index is 1170. The molecular weight excluding hydrogens is 454 g/mol. The summed E-state index contributed by atoms with van der Waals surface area (Å²) in [7, 11) is -3.67. The van der Waals surface area contributed by atoms with E-state index in [2.05, 4.69) is 10.6 Å². The minimum Gasteiger partial charge on any atom is -0.476 e. The van der Waals surface area contributed by atoms with E-state index in [1.165, 1.54) is 4.31 Å². The van der Waals surface area contributed by atoms with Crippen molar-refractivity contribution in [2.24, 2.45) is 0 Å². The van der Waals surface area contributed by atoms with E-state index < -0.39 is 22.0 Å². The quantitative estimate of drug-likeness (QED) is 0.580. The minimum absolute atomic E-state index is 0.171. The van der Waals surface area contributed by atoms with Gasteiger partial charge in [-0.05, 0) is 41.7 Å². The summed E-state index contributed by atoms with van der Waals surface area (Å²) in [5.41, 5.74) is 1.85. The lowest BCUT2D eigenvalue weighted by molar-refractivity contribution is -0.122. The first-order chi connectivity index (χ1) is 15.9. The van der Waals surface area contributed by atoms with Gasteiger partial charge in [-0.1, -0.05) is 52.3 Å². The summed E-state index contributed by atoms with van der Waals surface area (Å²) >= 11 is 0. The molecule has 1 heterocycles. The SMILES string of the molecule is CCCCNC(=O)c1ccccc1NC(=O)C1CN(S(C)(=O)=O)c2cc(C(C)(C)C)ccc2O1. The predicted molar refractivity (Wildman–Crippen MR) is 134 cm³/mol. The van der Waals surface area contributed by atoms with Gasteiger partial charge in [0.15, 0.2) is 6.10 Å². The van der Waals surface area contributed by atoms with Crippen molar-refractivity contribution in [2.75, 3.05) is 29.0 Å². The van der Waals surface area contributed by atoms with Crippen LogP contribution in [-0.4, -0.2) is 45.7 Å². The molecule has 0 bridgehead atoms. The molecule has 2 N–H and O–H groups in total. The number of unbranched alkanes of at least 4 members (excludes halogenated alkanes) is 1. The van der Waals surface area contributed by atoms with Gasteiger partial charge in [0.1, 0.15) is 5.75 Å². The molecule has 9 heteroatoms. The van der Waals surface area contributed by atoms with Crippen LogP contribution in [-0.2, 0) is 20.2 Å². The van der Waals surface area contributed by atoms with Crippen LogP contribution in [0.1, 0.15) is 56.5 Å². The van der Waals surface area contributed by atoms with Gasteiger partial charge in [-0.25, -0.2) is 8.42 Å². The Hall–Kier alpha value is -3.07. The third-order valence-corrected chi connectivity index (χ3v) is 6.78. The largest absolute Gasteiger partial charge is 0.476 e. The third kappa shape index (κ3) is 5.88. The van der Waals surface area contributed by atoms with Crippen LogP contribution < -0.4 is 19.7 Å². The molecule has 34 heavy (non-hydrogen) atoms. The number of hydrogen-bond acceptors (Lipinski definition) is 5. The summed E-state index contributed by atoms with van der Waals surface area (Å²) in [4.78, 5) is 25.7. The van der Waals surface area contributed by atoms with Gasteiger partial charge in [-0.2, -0.15) is 0 Å². The molecule has 184 valence electrons. The van der Waals surface area contributed by atoms with Crippen LogP contribution in [0.2, 0.25) is 0 Å². The highest BCUT2D eigenvalue weighted by Crippen LogP contribution is 2.38. The molecule has 0 saturated heterocycles.